The lowest BCUT2D eigenvalue weighted by atomic mass is 10.1. The normalized spacial score (nSPS) is 18.6. The molecule has 202 valence electrons. The molecule has 0 radical (unpaired) electrons. The van der Waals surface area contributed by atoms with Crippen LogP contribution in [-0.2, 0) is 19.5 Å². The standard InChI is InChI=1S/C25H29N5O6S2/c1-30-12-11-17(15-30)36-21-10-9-20-24(27-21)37-25(26-20)28-23(32)22(29-35-14-2-13-31)16-3-5-18(6-4-16)38(33,34)19-7-8-19/h3-6,9-10,17,19,31H,2,7-8,11-15H2,1H3,(H,26,28,32)/t17-/m1/s1. The van der Waals surface area contributed by atoms with E-state index in [-0.39, 0.29) is 35.2 Å². The van der Waals surface area contributed by atoms with Crippen LogP contribution in [0.3, 0.4) is 0 Å². The lowest BCUT2D eigenvalue weighted by Gasteiger charge is -2.12. The first-order valence-corrected chi connectivity index (χ1v) is 14.8. The fourth-order valence-corrected chi connectivity index (χ4v) is 6.56. The van der Waals surface area contributed by atoms with E-state index >= 15 is 0 Å². The fourth-order valence-electron chi connectivity index (χ4n) is 4.07. The van der Waals surface area contributed by atoms with Crippen LogP contribution in [0.4, 0.5) is 5.13 Å². The number of carbonyl (C=O) groups is 1. The van der Waals surface area contributed by atoms with E-state index in [1.54, 1.807) is 12.1 Å². The molecule has 0 spiro atoms. The van der Waals surface area contributed by atoms with E-state index in [0.717, 1.165) is 19.5 Å². The van der Waals surface area contributed by atoms with Gasteiger partial charge in [0.05, 0.1) is 10.1 Å². The first-order chi connectivity index (χ1) is 18.3. The number of rotatable bonds is 11. The Labute approximate surface area is 224 Å². The van der Waals surface area contributed by atoms with Crippen LogP contribution in [0.2, 0.25) is 0 Å². The number of carbonyl (C=O) groups excluding carboxylic acids is 1. The number of ether oxygens (including phenoxy) is 1. The van der Waals surface area contributed by atoms with Gasteiger partial charge in [0.25, 0.3) is 5.91 Å². The van der Waals surface area contributed by atoms with Gasteiger partial charge in [-0.1, -0.05) is 28.6 Å². The van der Waals surface area contributed by atoms with Gasteiger partial charge in [-0.3, -0.25) is 10.1 Å². The minimum atomic E-state index is -3.36. The van der Waals surface area contributed by atoms with E-state index in [9.17, 15) is 13.2 Å². The van der Waals surface area contributed by atoms with Crippen LogP contribution in [-0.4, -0.2) is 84.7 Å². The number of anilines is 1. The third kappa shape index (κ3) is 6.12. The van der Waals surface area contributed by atoms with Crippen LogP contribution in [0, 0.1) is 0 Å². The van der Waals surface area contributed by atoms with Crippen molar-refractivity contribution >= 4 is 48.3 Å². The number of benzene rings is 1. The second-order valence-electron chi connectivity index (χ2n) is 9.36. The Bertz CT molecular complexity index is 1440. The van der Waals surface area contributed by atoms with E-state index in [1.165, 1.54) is 35.6 Å². The SMILES string of the molecule is CN1CC[C@@H](Oc2ccc3nc(NC(=O)C(=NOCCCO)c4ccc(S(=O)(=O)C5CC5)cc4)sc3n2)C1. The molecule has 3 heterocycles. The van der Waals surface area contributed by atoms with E-state index < -0.39 is 15.7 Å². The summed E-state index contributed by atoms with van der Waals surface area (Å²) in [5, 5.41) is 15.7. The van der Waals surface area contributed by atoms with Crippen LogP contribution in [0.1, 0.15) is 31.2 Å². The summed E-state index contributed by atoms with van der Waals surface area (Å²) < 4.78 is 31.1. The highest BCUT2D eigenvalue weighted by Gasteiger charge is 2.36. The zero-order valence-electron chi connectivity index (χ0n) is 20.9. The zero-order valence-corrected chi connectivity index (χ0v) is 22.5. The van der Waals surface area contributed by atoms with Crippen LogP contribution in [0.25, 0.3) is 10.3 Å². The molecule has 0 bridgehead atoms. The molecule has 1 saturated heterocycles. The molecule has 1 aliphatic carbocycles. The van der Waals surface area contributed by atoms with Gasteiger partial charge in [0.1, 0.15) is 23.1 Å². The van der Waals surface area contributed by atoms with Crippen LogP contribution >= 0.6 is 11.3 Å². The molecule has 1 aromatic carbocycles. The van der Waals surface area contributed by atoms with E-state index in [2.05, 4.69) is 32.4 Å². The third-order valence-corrected chi connectivity index (χ3v) is 9.43. The monoisotopic (exact) mass is 559 g/mol. The molecule has 13 heteroatoms. The van der Waals surface area contributed by atoms with Gasteiger partial charge in [-0.15, -0.1) is 0 Å². The van der Waals surface area contributed by atoms with Crippen LogP contribution < -0.4 is 10.1 Å². The number of aliphatic hydroxyl groups excluding tert-OH is 1. The Balaban J connectivity index is 1.33. The van der Waals surface area contributed by atoms with E-state index in [0.29, 0.717) is 46.2 Å². The molecule has 1 saturated carbocycles. The molecule has 1 amide bonds. The van der Waals surface area contributed by atoms with E-state index in [1.807, 2.05) is 0 Å². The molecular formula is C25H29N5O6S2. The number of amides is 1. The molecule has 11 nitrogen and oxygen atoms in total. The summed E-state index contributed by atoms with van der Waals surface area (Å²) in [5.74, 6) is -0.0589. The second-order valence-corrected chi connectivity index (χ2v) is 12.6. The first kappa shape index (κ1) is 26.5. The number of nitrogens with one attached hydrogen (secondary N) is 1. The molecule has 2 N–H and O–H groups in total. The highest BCUT2D eigenvalue weighted by Crippen LogP contribution is 2.33. The molecule has 2 aliphatic rings. The Morgan fingerprint density at radius 1 is 1.18 bits per heavy atom. The van der Waals surface area contributed by atoms with Gasteiger partial charge in [0.15, 0.2) is 20.7 Å². The van der Waals surface area contributed by atoms with Crippen molar-refractivity contribution in [2.24, 2.45) is 5.16 Å². The molecule has 2 fully saturated rings. The predicted molar refractivity (Wildman–Crippen MR) is 143 cm³/mol. The van der Waals surface area contributed by atoms with Gasteiger partial charge in [-0.25, -0.2) is 18.4 Å². The van der Waals surface area contributed by atoms with Gasteiger partial charge < -0.3 is 19.6 Å². The molecule has 1 atom stereocenters. The number of thiazole rings is 1. The van der Waals surface area contributed by atoms with Gasteiger partial charge in [-0.05, 0) is 44.5 Å². The maximum Gasteiger partial charge on any atom is 0.280 e. The van der Waals surface area contributed by atoms with Gasteiger partial charge in [0.2, 0.25) is 5.88 Å². The molecule has 1 aliphatic heterocycles. The number of sulfone groups is 1. The zero-order chi connectivity index (χ0) is 26.7. The number of likely N-dealkylation sites (N-methyl/N-ethyl adjacent to an activating group) is 1. The second kappa shape index (κ2) is 11.3. The van der Waals surface area contributed by atoms with Crippen molar-refractivity contribution in [3.8, 4) is 5.88 Å². The molecule has 5 rings (SSSR count). The van der Waals surface area contributed by atoms with Crippen molar-refractivity contribution in [3.63, 3.8) is 0 Å². The summed E-state index contributed by atoms with van der Waals surface area (Å²) in [6.45, 7) is 1.87. The number of hydrogen-bond donors (Lipinski definition) is 2. The summed E-state index contributed by atoms with van der Waals surface area (Å²) in [5.41, 5.74) is 0.964. The summed E-state index contributed by atoms with van der Waals surface area (Å²) in [7, 11) is -1.30. The Hall–Kier alpha value is -3.13. The molecular weight excluding hydrogens is 530 g/mol. The van der Waals surface area contributed by atoms with Gasteiger partial charge in [0, 0.05) is 37.7 Å². The summed E-state index contributed by atoms with van der Waals surface area (Å²) in [6, 6.07) is 9.59. The molecule has 2 aromatic heterocycles. The predicted octanol–water partition coefficient (Wildman–Crippen LogP) is 2.45. The number of oxime groups is 1. The Morgan fingerprint density at radius 3 is 2.66 bits per heavy atom. The van der Waals surface area contributed by atoms with Crippen molar-refractivity contribution < 1.29 is 27.9 Å². The maximum atomic E-state index is 13.2. The van der Waals surface area contributed by atoms with Crippen molar-refractivity contribution in [2.45, 2.75) is 41.9 Å². The van der Waals surface area contributed by atoms with Gasteiger partial charge >= 0.3 is 0 Å². The Kier molecular flexibility index (Phi) is 7.88. The minimum Gasteiger partial charge on any atom is -0.473 e. The minimum absolute atomic E-state index is 0.0418. The maximum absolute atomic E-state index is 13.2. The lowest BCUT2D eigenvalue weighted by molar-refractivity contribution is -0.110. The smallest absolute Gasteiger partial charge is 0.280 e. The first-order valence-electron chi connectivity index (χ1n) is 12.4. The number of pyridine rings is 1. The summed E-state index contributed by atoms with van der Waals surface area (Å²) in [4.78, 5) is 30.5. The fraction of sp³-hybridized carbons (Fsp3) is 0.440. The van der Waals surface area contributed by atoms with Gasteiger partial charge in [-0.2, -0.15) is 0 Å². The molecule has 0 unspecified atom stereocenters. The van der Waals surface area contributed by atoms with Crippen LogP contribution in [0.5, 0.6) is 5.88 Å². The number of aliphatic hydroxyl groups is 1. The number of fused-ring (bicyclic) bond motifs is 1. The summed E-state index contributed by atoms with van der Waals surface area (Å²) >= 11 is 1.21. The average Bonchev–Trinajstić information content (AvgIpc) is 3.58. The number of aromatic nitrogens is 2. The topological polar surface area (TPSA) is 143 Å². The molecule has 38 heavy (non-hydrogen) atoms. The number of hydrogen-bond acceptors (Lipinski definition) is 11. The average molecular weight is 560 g/mol. The Morgan fingerprint density at radius 2 is 1.97 bits per heavy atom. The summed E-state index contributed by atoms with van der Waals surface area (Å²) in [6.07, 6.45) is 2.71. The largest absolute Gasteiger partial charge is 0.473 e. The lowest BCUT2D eigenvalue weighted by Crippen LogP contribution is -2.24. The van der Waals surface area contributed by atoms with Crippen molar-refractivity contribution in [2.75, 3.05) is 38.7 Å². The van der Waals surface area contributed by atoms with Crippen molar-refractivity contribution in [3.05, 3.63) is 42.0 Å². The highest BCUT2D eigenvalue weighted by molar-refractivity contribution is 7.92. The quantitative estimate of drug-likeness (QED) is 0.206. The number of likely N-dealkylation sites (tertiary alicyclic amines) is 1. The number of nitrogens with zero attached hydrogens (tertiary/aromatic N) is 4. The van der Waals surface area contributed by atoms with Crippen molar-refractivity contribution in [1.29, 1.82) is 0 Å². The van der Waals surface area contributed by atoms with Crippen LogP contribution in [0.15, 0.2) is 46.4 Å². The molecule has 3 aromatic rings. The van der Waals surface area contributed by atoms with Crippen molar-refractivity contribution in [1.82, 2.24) is 14.9 Å². The van der Waals surface area contributed by atoms with E-state index in [4.69, 9.17) is 14.7 Å². The highest BCUT2D eigenvalue weighted by atomic mass is 32.2. The third-order valence-electron chi connectivity index (χ3n) is 6.27.